The standard InChI is InChI=1S/C15H16Cl2N4O/c1-2-3-7-18-15-19-8-6-12(21-15)14(22)20-13-9-10(16)4-5-11(13)17/h4-6,8-9H,2-3,7H2,1H3,(H,20,22)(H,18,19,21). The molecule has 0 aliphatic rings. The van der Waals surface area contributed by atoms with Crippen molar-refractivity contribution in [3.63, 3.8) is 0 Å². The van der Waals surface area contributed by atoms with Gasteiger partial charge in [0.05, 0.1) is 10.7 Å². The predicted molar refractivity (Wildman–Crippen MR) is 89.8 cm³/mol. The number of halogens is 2. The zero-order valence-electron chi connectivity index (χ0n) is 12.1. The van der Waals surface area contributed by atoms with Crippen molar-refractivity contribution in [2.24, 2.45) is 0 Å². The molecule has 0 spiro atoms. The van der Waals surface area contributed by atoms with E-state index < -0.39 is 0 Å². The summed E-state index contributed by atoms with van der Waals surface area (Å²) in [5.41, 5.74) is 0.698. The van der Waals surface area contributed by atoms with E-state index in [4.69, 9.17) is 23.2 Å². The Morgan fingerprint density at radius 2 is 2.09 bits per heavy atom. The van der Waals surface area contributed by atoms with Crippen LogP contribution in [0.1, 0.15) is 30.3 Å². The molecule has 7 heteroatoms. The fourth-order valence-electron chi connectivity index (χ4n) is 1.73. The quantitative estimate of drug-likeness (QED) is 0.772. The van der Waals surface area contributed by atoms with Gasteiger partial charge in [-0.05, 0) is 30.7 Å². The van der Waals surface area contributed by atoms with Crippen molar-refractivity contribution < 1.29 is 4.79 Å². The highest BCUT2D eigenvalue weighted by Gasteiger charge is 2.11. The van der Waals surface area contributed by atoms with Gasteiger partial charge < -0.3 is 10.6 Å². The van der Waals surface area contributed by atoms with Gasteiger partial charge in [-0.3, -0.25) is 4.79 Å². The van der Waals surface area contributed by atoms with Crippen LogP contribution >= 0.6 is 23.2 Å². The van der Waals surface area contributed by atoms with Crippen molar-refractivity contribution in [1.29, 1.82) is 0 Å². The van der Waals surface area contributed by atoms with Crippen molar-refractivity contribution in [3.8, 4) is 0 Å². The van der Waals surface area contributed by atoms with Gasteiger partial charge in [-0.25, -0.2) is 9.97 Å². The Morgan fingerprint density at radius 3 is 2.86 bits per heavy atom. The lowest BCUT2D eigenvalue weighted by atomic mass is 10.3. The van der Waals surface area contributed by atoms with E-state index >= 15 is 0 Å². The maximum absolute atomic E-state index is 12.2. The molecule has 2 aromatic rings. The summed E-state index contributed by atoms with van der Waals surface area (Å²) in [4.78, 5) is 20.5. The first kappa shape index (κ1) is 16.5. The SMILES string of the molecule is CCCCNc1nccc(C(=O)Nc2cc(Cl)ccc2Cl)n1. The van der Waals surface area contributed by atoms with Crippen LogP contribution < -0.4 is 10.6 Å². The minimum atomic E-state index is -0.370. The molecule has 0 aliphatic heterocycles. The number of nitrogens with one attached hydrogen (secondary N) is 2. The number of anilines is 2. The van der Waals surface area contributed by atoms with Gasteiger partial charge in [0.1, 0.15) is 5.69 Å². The average molecular weight is 339 g/mol. The molecular weight excluding hydrogens is 323 g/mol. The summed E-state index contributed by atoms with van der Waals surface area (Å²) < 4.78 is 0. The maximum Gasteiger partial charge on any atom is 0.274 e. The number of unbranched alkanes of at least 4 members (excludes halogenated alkanes) is 1. The van der Waals surface area contributed by atoms with Crippen LogP contribution in [0.5, 0.6) is 0 Å². The number of carbonyl (C=O) groups is 1. The first-order valence-electron chi connectivity index (χ1n) is 6.93. The van der Waals surface area contributed by atoms with E-state index in [2.05, 4.69) is 27.5 Å². The molecular formula is C15H16Cl2N4O. The van der Waals surface area contributed by atoms with Gasteiger partial charge in [0.25, 0.3) is 5.91 Å². The summed E-state index contributed by atoms with van der Waals surface area (Å²) in [6.45, 7) is 2.86. The molecule has 116 valence electrons. The van der Waals surface area contributed by atoms with Gasteiger partial charge >= 0.3 is 0 Å². The van der Waals surface area contributed by atoms with Gasteiger partial charge in [-0.1, -0.05) is 36.5 Å². The number of hydrogen-bond donors (Lipinski definition) is 2. The number of nitrogens with zero attached hydrogens (tertiary/aromatic N) is 2. The van der Waals surface area contributed by atoms with E-state index in [0.29, 0.717) is 21.7 Å². The molecule has 22 heavy (non-hydrogen) atoms. The third kappa shape index (κ3) is 4.58. The Kier molecular flexibility index (Phi) is 5.98. The number of rotatable bonds is 6. The number of aromatic nitrogens is 2. The molecule has 0 atom stereocenters. The molecule has 1 heterocycles. The van der Waals surface area contributed by atoms with Crippen LogP contribution in [-0.4, -0.2) is 22.4 Å². The van der Waals surface area contributed by atoms with E-state index in [-0.39, 0.29) is 11.6 Å². The van der Waals surface area contributed by atoms with Crippen LogP contribution in [-0.2, 0) is 0 Å². The highest BCUT2D eigenvalue weighted by atomic mass is 35.5. The van der Waals surface area contributed by atoms with Crippen LogP contribution in [0, 0.1) is 0 Å². The van der Waals surface area contributed by atoms with Crippen LogP contribution in [0.25, 0.3) is 0 Å². The van der Waals surface area contributed by atoms with Crippen LogP contribution in [0.2, 0.25) is 10.0 Å². The second-order valence-corrected chi connectivity index (χ2v) is 5.47. The van der Waals surface area contributed by atoms with E-state index in [1.54, 1.807) is 24.3 Å². The first-order chi connectivity index (χ1) is 10.6. The molecule has 0 radical (unpaired) electrons. The Bertz CT molecular complexity index is 664. The average Bonchev–Trinajstić information content (AvgIpc) is 2.51. The number of hydrogen-bond acceptors (Lipinski definition) is 4. The molecule has 0 saturated heterocycles. The van der Waals surface area contributed by atoms with E-state index in [1.807, 2.05) is 0 Å². The lowest BCUT2D eigenvalue weighted by Crippen LogP contribution is -2.15. The Morgan fingerprint density at radius 1 is 1.27 bits per heavy atom. The van der Waals surface area contributed by atoms with Gasteiger partial charge in [-0.2, -0.15) is 0 Å². The molecule has 0 fully saturated rings. The largest absolute Gasteiger partial charge is 0.354 e. The van der Waals surface area contributed by atoms with Crippen molar-refractivity contribution in [2.45, 2.75) is 19.8 Å². The molecule has 0 bridgehead atoms. The minimum absolute atomic E-state index is 0.255. The van der Waals surface area contributed by atoms with E-state index in [1.165, 1.54) is 6.20 Å². The van der Waals surface area contributed by atoms with Crippen LogP contribution in [0.3, 0.4) is 0 Å². The zero-order chi connectivity index (χ0) is 15.9. The van der Waals surface area contributed by atoms with E-state index in [0.717, 1.165) is 19.4 Å². The Labute approximate surface area is 139 Å². The highest BCUT2D eigenvalue weighted by Crippen LogP contribution is 2.25. The molecule has 1 aromatic carbocycles. The van der Waals surface area contributed by atoms with Crippen molar-refractivity contribution in [1.82, 2.24) is 9.97 Å². The second-order valence-electron chi connectivity index (χ2n) is 4.62. The topological polar surface area (TPSA) is 66.9 Å². The van der Waals surface area contributed by atoms with Gasteiger partial charge in [-0.15, -0.1) is 0 Å². The lowest BCUT2D eigenvalue weighted by molar-refractivity contribution is 0.102. The summed E-state index contributed by atoms with van der Waals surface area (Å²) in [5, 5.41) is 6.66. The molecule has 1 aromatic heterocycles. The fraction of sp³-hybridized carbons (Fsp3) is 0.267. The van der Waals surface area contributed by atoms with Crippen molar-refractivity contribution in [2.75, 3.05) is 17.2 Å². The predicted octanol–water partition coefficient (Wildman–Crippen LogP) is 4.25. The summed E-state index contributed by atoms with van der Waals surface area (Å²) in [6, 6.07) is 6.40. The van der Waals surface area contributed by atoms with Gasteiger partial charge in [0.15, 0.2) is 0 Å². The minimum Gasteiger partial charge on any atom is -0.354 e. The molecule has 0 aliphatic carbocycles. The Hall–Kier alpha value is -1.85. The summed E-state index contributed by atoms with van der Waals surface area (Å²) in [6.07, 6.45) is 3.62. The summed E-state index contributed by atoms with van der Waals surface area (Å²) in [7, 11) is 0. The first-order valence-corrected chi connectivity index (χ1v) is 7.69. The maximum atomic E-state index is 12.2. The van der Waals surface area contributed by atoms with Gasteiger partial charge in [0.2, 0.25) is 5.95 Å². The monoisotopic (exact) mass is 338 g/mol. The molecule has 1 amide bonds. The number of amides is 1. The molecule has 5 nitrogen and oxygen atoms in total. The smallest absolute Gasteiger partial charge is 0.274 e. The third-order valence-electron chi connectivity index (χ3n) is 2.88. The molecule has 0 saturated carbocycles. The molecule has 2 N–H and O–H groups in total. The van der Waals surface area contributed by atoms with Crippen LogP contribution in [0.15, 0.2) is 30.5 Å². The molecule has 2 rings (SSSR count). The molecule has 0 unspecified atom stereocenters. The fourth-order valence-corrected chi connectivity index (χ4v) is 2.06. The number of carbonyl (C=O) groups excluding carboxylic acids is 1. The summed E-state index contributed by atoms with van der Waals surface area (Å²) >= 11 is 11.9. The second kappa shape index (κ2) is 7.96. The zero-order valence-corrected chi connectivity index (χ0v) is 13.6. The number of benzene rings is 1. The van der Waals surface area contributed by atoms with E-state index in [9.17, 15) is 4.79 Å². The van der Waals surface area contributed by atoms with Crippen molar-refractivity contribution >= 4 is 40.7 Å². The summed E-state index contributed by atoms with van der Waals surface area (Å²) in [5.74, 6) is 0.0587. The highest BCUT2D eigenvalue weighted by molar-refractivity contribution is 6.35. The third-order valence-corrected chi connectivity index (χ3v) is 3.44. The van der Waals surface area contributed by atoms with Crippen LogP contribution in [0.4, 0.5) is 11.6 Å². The van der Waals surface area contributed by atoms with Crippen molar-refractivity contribution in [3.05, 3.63) is 46.2 Å². The normalized spacial score (nSPS) is 10.3. The Balaban J connectivity index is 2.09. The lowest BCUT2D eigenvalue weighted by Gasteiger charge is -2.08. The van der Waals surface area contributed by atoms with Gasteiger partial charge in [0, 0.05) is 17.8 Å².